The molecule has 0 fully saturated rings. The average Bonchev–Trinajstić information content (AvgIpc) is 2.14. The summed E-state index contributed by atoms with van der Waals surface area (Å²) < 4.78 is 0. The molecule has 2 N–H and O–H groups in total. The minimum absolute atomic E-state index is 0.116. The first-order valence-corrected chi connectivity index (χ1v) is 5.46. The summed E-state index contributed by atoms with van der Waals surface area (Å²) in [4.78, 5) is 21.7. The van der Waals surface area contributed by atoms with Crippen LogP contribution < -0.4 is 0 Å². The number of amides is 1. The van der Waals surface area contributed by atoms with Gasteiger partial charge in [0.25, 0.3) is 0 Å². The van der Waals surface area contributed by atoms with Crippen LogP contribution in [0.1, 0.15) is 34.1 Å². The second-order valence-electron chi connectivity index (χ2n) is 4.79. The largest absolute Gasteiger partial charge is 0.481 e. The van der Waals surface area contributed by atoms with Gasteiger partial charge in [0.2, 0.25) is 6.41 Å². The molecule has 0 saturated carbocycles. The van der Waals surface area contributed by atoms with E-state index in [9.17, 15) is 14.8 Å². The molecule has 16 heavy (non-hydrogen) atoms. The fourth-order valence-corrected chi connectivity index (χ4v) is 1.92. The number of carboxylic acid groups (broad SMARTS) is 1. The van der Waals surface area contributed by atoms with Crippen molar-refractivity contribution >= 4 is 12.4 Å². The first kappa shape index (κ1) is 14.9. The van der Waals surface area contributed by atoms with Crippen LogP contribution in [-0.4, -0.2) is 33.8 Å². The minimum atomic E-state index is -0.978. The van der Waals surface area contributed by atoms with E-state index in [-0.39, 0.29) is 18.2 Å². The summed E-state index contributed by atoms with van der Waals surface area (Å²) in [5.41, 5.74) is 0. The normalized spacial score (nSPS) is 14.9. The van der Waals surface area contributed by atoms with Gasteiger partial charge in [-0.1, -0.05) is 27.7 Å². The SMILES string of the molecule is CC(C)CC(C(=O)O)C(C(C)C)N(O)C=O. The van der Waals surface area contributed by atoms with Crippen LogP contribution in [0, 0.1) is 17.8 Å². The maximum Gasteiger partial charge on any atom is 0.308 e. The molecule has 0 rings (SSSR count). The van der Waals surface area contributed by atoms with Gasteiger partial charge in [0.05, 0.1) is 12.0 Å². The Morgan fingerprint density at radius 3 is 2.06 bits per heavy atom. The molecule has 2 atom stereocenters. The number of carboxylic acids is 1. The van der Waals surface area contributed by atoms with Crippen molar-refractivity contribution in [1.82, 2.24) is 5.06 Å². The Morgan fingerprint density at radius 1 is 1.31 bits per heavy atom. The van der Waals surface area contributed by atoms with Crippen molar-refractivity contribution in [2.24, 2.45) is 17.8 Å². The maximum absolute atomic E-state index is 11.1. The molecule has 0 spiro atoms. The third-order valence-corrected chi connectivity index (χ3v) is 2.55. The summed E-state index contributed by atoms with van der Waals surface area (Å²) in [7, 11) is 0. The summed E-state index contributed by atoms with van der Waals surface area (Å²) in [5.74, 6) is -1.64. The first-order chi connectivity index (χ1) is 7.31. The molecule has 0 radical (unpaired) electrons. The van der Waals surface area contributed by atoms with E-state index in [1.807, 2.05) is 13.8 Å². The van der Waals surface area contributed by atoms with Crippen LogP contribution in [0.25, 0.3) is 0 Å². The Balaban J connectivity index is 4.94. The lowest BCUT2D eigenvalue weighted by Crippen LogP contribution is -2.45. The molecule has 0 aliphatic heterocycles. The van der Waals surface area contributed by atoms with Crippen LogP contribution in [-0.2, 0) is 9.59 Å². The van der Waals surface area contributed by atoms with Crippen LogP contribution in [0.4, 0.5) is 0 Å². The van der Waals surface area contributed by atoms with Gasteiger partial charge in [-0.3, -0.25) is 14.8 Å². The molecule has 0 heterocycles. The Hall–Kier alpha value is -1.10. The van der Waals surface area contributed by atoms with Crippen molar-refractivity contribution in [3.63, 3.8) is 0 Å². The van der Waals surface area contributed by atoms with Gasteiger partial charge in [-0.2, -0.15) is 0 Å². The number of rotatable bonds is 7. The fraction of sp³-hybridized carbons (Fsp3) is 0.818. The summed E-state index contributed by atoms with van der Waals surface area (Å²) in [6.07, 6.45) is 0.698. The lowest BCUT2D eigenvalue weighted by Gasteiger charge is -2.32. The van der Waals surface area contributed by atoms with Gasteiger partial charge in [0.1, 0.15) is 0 Å². The van der Waals surface area contributed by atoms with Crippen molar-refractivity contribution in [3.05, 3.63) is 0 Å². The van der Waals surface area contributed by atoms with E-state index in [0.717, 1.165) is 0 Å². The predicted octanol–water partition coefficient (Wildman–Crippen LogP) is 1.61. The van der Waals surface area contributed by atoms with Crippen molar-refractivity contribution in [2.75, 3.05) is 0 Å². The lowest BCUT2D eigenvalue weighted by atomic mass is 9.84. The topological polar surface area (TPSA) is 77.8 Å². The van der Waals surface area contributed by atoms with Gasteiger partial charge in [0, 0.05) is 0 Å². The average molecular weight is 231 g/mol. The van der Waals surface area contributed by atoms with E-state index >= 15 is 0 Å². The number of carbonyl (C=O) groups is 2. The molecule has 0 aliphatic carbocycles. The zero-order valence-corrected chi connectivity index (χ0v) is 10.3. The number of hydroxylamine groups is 2. The molecular formula is C11H21NO4. The van der Waals surface area contributed by atoms with E-state index in [4.69, 9.17) is 5.11 Å². The lowest BCUT2D eigenvalue weighted by molar-refractivity contribution is -0.177. The molecule has 0 aromatic carbocycles. The molecule has 2 unspecified atom stereocenters. The highest BCUT2D eigenvalue weighted by Crippen LogP contribution is 2.24. The summed E-state index contributed by atoms with van der Waals surface area (Å²) >= 11 is 0. The Bertz CT molecular complexity index is 240. The molecule has 0 aliphatic rings. The van der Waals surface area contributed by atoms with Gasteiger partial charge in [0.15, 0.2) is 0 Å². The van der Waals surface area contributed by atoms with E-state index in [1.54, 1.807) is 13.8 Å². The Kier molecular flexibility index (Phi) is 6.03. The van der Waals surface area contributed by atoms with Crippen LogP contribution in [0.5, 0.6) is 0 Å². The Labute approximate surface area is 96.0 Å². The van der Waals surface area contributed by atoms with Gasteiger partial charge >= 0.3 is 5.97 Å². The zero-order valence-electron chi connectivity index (χ0n) is 10.3. The number of nitrogens with zero attached hydrogens (tertiary/aromatic N) is 1. The number of carbonyl (C=O) groups excluding carboxylic acids is 1. The molecule has 5 heteroatoms. The zero-order chi connectivity index (χ0) is 12.9. The Morgan fingerprint density at radius 2 is 1.81 bits per heavy atom. The molecule has 0 saturated heterocycles. The summed E-state index contributed by atoms with van der Waals surface area (Å²) in [6, 6.07) is -0.683. The number of hydrogen-bond acceptors (Lipinski definition) is 3. The molecular weight excluding hydrogens is 210 g/mol. The third-order valence-electron chi connectivity index (χ3n) is 2.55. The summed E-state index contributed by atoms with van der Waals surface area (Å²) in [5, 5.41) is 19.0. The van der Waals surface area contributed by atoms with Gasteiger partial charge in [-0.05, 0) is 18.3 Å². The van der Waals surface area contributed by atoms with Crippen LogP contribution >= 0.6 is 0 Å². The van der Waals surface area contributed by atoms with Crippen molar-refractivity contribution in [2.45, 2.75) is 40.2 Å². The van der Waals surface area contributed by atoms with Crippen LogP contribution in [0.3, 0.4) is 0 Å². The quantitative estimate of drug-likeness (QED) is 0.396. The molecule has 1 amide bonds. The van der Waals surface area contributed by atoms with Crippen molar-refractivity contribution in [3.8, 4) is 0 Å². The van der Waals surface area contributed by atoms with Gasteiger partial charge in [-0.15, -0.1) is 0 Å². The van der Waals surface area contributed by atoms with Crippen LogP contribution in [0.2, 0.25) is 0 Å². The van der Waals surface area contributed by atoms with Crippen LogP contribution in [0.15, 0.2) is 0 Å². The van der Waals surface area contributed by atoms with E-state index < -0.39 is 17.9 Å². The predicted molar refractivity (Wildman–Crippen MR) is 58.9 cm³/mol. The van der Waals surface area contributed by atoms with E-state index in [0.29, 0.717) is 11.5 Å². The second-order valence-corrected chi connectivity index (χ2v) is 4.79. The molecule has 5 nitrogen and oxygen atoms in total. The van der Waals surface area contributed by atoms with Gasteiger partial charge in [-0.25, -0.2) is 5.06 Å². The molecule has 0 bridgehead atoms. The van der Waals surface area contributed by atoms with E-state index in [2.05, 4.69) is 0 Å². The number of hydrogen-bond donors (Lipinski definition) is 2. The third kappa shape index (κ3) is 4.18. The highest BCUT2D eigenvalue weighted by molar-refractivity contribution is 5.71. The fourth-order valence-electron chi connectivity index (χ4n) is 1.92. The van der Waals surface area contributed by atoms with Gasteiger partial charge < -0.3 is 5.11 Å². The second kappa shape index (κ2) is 6.48. The molecule has 0 aromatic rings. The standard InChI is InChI=1S/C11H21NO4/c1-7(2)5-9(11(14)15)10(8(3)4)12(16)6-13/h6-10,16H,5H2,1-4H3,(H,14,15). The molecule has 0 aromatic heterocycles. The monoisotopic (exact) mass is 231 g/mol. The molecule has 94 valence electrons. The first-order valence-electron chi connectivity index (χ1n) is 5.46. The van der Waals surface area contributed by atoms with Crippen molar-refractivity contribution < 1.29 is 19.9 Å². The number of aliphatic carboxylic acids is 1. The highest BCUT2D eigenvalue weighted by Gasteiger charge is 2.34. The maximum atomic E-state index is 11.1. The minimum Gasteiger partial charge on any atom is -0.481 e. The van der Waals surface area contributed by atoms with Crippen molar-refractivity contribution in [1.29, 1.82) is 0 Å². The smallest absolute Gasteiger partial charge is 0.308 e. The summed E-state index contributed by atoms with van der Waals surface area (Å²) in [6.45, 7) is 7.40. The highest BCUT2D eigenvalue weighted by atomic mass is 16.5. The van der Waals surface area contributed by atoms with E-state index in [1.165, 1.54) is 0 Å².